The molecule has 0 aromatic carbocycles. The molecule has 0 aliphatic rings. The molecule has 0 aliphatic heterocycles. The minimum atomic E-state index is -0.891. The van der Waals surface area contributed by atoms with Gasteiger partial charge in [0.2, 0.25) is 0 Å². The Morgan fingerprint density at radius 1 is 0.517 bits per heavy atom. The second-order valence-electron chi connectivity index (χ2n) is 16.3. The van der Waals surface area contributed by atoms with Crippen LogP contribution in [0, 0.1) is 0 Å². The molecule has 340 valence electrons. The summed E-state index contributed by atoms with van der Waals surface area (Å²) in [5, 5.41) is 9.63. The van der Waals surface area contributed by atoms with Gasteiger partial charge in [-0.15, -0.1) is 0 Å². The zero-order valence-electron chi connectivity index (χ0n) is 38.6. The van der Waals surface area contributed by atoms with Gasteiger partial charge in [0, 0.05) is 19.3 Å². The lowest BCUT2D eigenvalue weighted by atomic mass is 10.1. The van der Waals surface area contributed by atoms with Gasteiger partial charge in [-0.1, -0.05) is 150 Å². The molecule has 0 fully saturated rings. The predicted octanol–water partition coefficient (Wildman–Crippen LogP) is 13.1. The molecule has 0 radical (unpaired) electrons. The Hall–Kier alpha value is -3.75. The number of ether oxygens (including phenoxy) is 3. The first-order chi connectivity index (χ1) is 29.1. The number of carboxylic acid groups (broad SMARTS) is 1. The third-order valence-electron chi connectivity index (χ3n) is 9.72. The van der Waals surface area contributed by atoms with Gasteiger partial charge in [-0.2, -0.15) is 0 Å². The van der Waals surface area contributed by atoms with Crippen LogP contribution < -0.4 is 0 Å². The maximum atomic E-state index is 12.7. The fraction of sp³-hybridized carbons (Fsp3) is 0.635. The lowest BCUT2D eigenvalue weighted by molar-refractivity contribution is -0.887. The number of quaternary nitrogens is 1. The van der Waals surface area contributed by atoms with E-state index in [1.165, 1.54) is 44.9 Å². The summed E-state index contributed by atoms with van der Waals surface area (Å²) in [6.07, 6.45) is 56.0. The van der Waals surface area contributed by atoms with Crippen molar-refractivity contribution in [3.63, 3.8) is 0 Å². The number of esters is 2. The number of carbonyl (C=O) groups is 3. The molecule has 0 aliphatic carbocycles. The van der Waals surface area contributed by atoms with E-state index in [0.29, 0.717) is 19.3 Å². The second kappa shape index (κ2) is 42.0. The summed E-state index contributed by atoms with van der Waals surface area (Å²) in [5.74, 6) is -1.59. The molecule has 0 aromatic heterocycles. The zero-order chi connectivity index (χ0) is 44.2. The maximum Gasteiger partial charge on any atom is 0.362 e. The highest BCUT2D eigenvalue weighted by atomic mass is 16.6. The Morgan fingerprint density at radius 3 is 1.43 bits per heavy atom. The Labute approximate surface area is 366 Å². The number of aliphatic carboxylic acids is 1. The lowest BCUT2D eigenvalue weighted by Gasteiger charge is -2.31. The smallest absolute Gasteiger partial charge is 0.362 e. The minimum absolute atomic E-state index is 0.0255. The van der Waals surface area contributed by atoms with Crippen LogP contribution in [0.4, 0.5) is 0 Å². The second-order valence-corrected chi connectivity index (χ2v) is 16.3. The third kappa shape index (κ3) is 39.7. The van der Waals surface area contributed by atoms with Crippen molar-refractivity contribution < 1.29 is 38.2 Å². The summed E-state index contributed by atoms with van der Waals surface area (Å²) in [6, 6.07) is -0.634. The number of allylic oxidation sites excluding steroid dienone is 16. The van der Waals surface area contributed by atoms with Crippen molar-refractivity contribution in [3.05, 3.63) is 97.2 Å². The first-order valence-electron chi connectivity index (χ1n) is 23.3. The summed E-state index contributed by atoms with van der Waals surface area (Å²) in [7, 11) is 5.49. The van der Waals surface area contributed by atoms with Crippen molar-refractivity contribution in [2.24, 2.45) is 0 Å². The number of unbranched alkanes of at least 4 members (excludes halogenated alkanes) is 10. The minimum Gasteiger partial charge on any atom is -0.477 e. The van der Waals surface area contributed by atoms with Gasteiger partial charge in [0.1, 0.15) is 6.61 Å². The van der Waals surface area contributed by atoms with Gasteiger partial charge >= 0.3 is 17.9 Å². The molecular weight excluding hydrogens is 751 g/mol. The van der Waals surface area contributed by atoms with Crippen LogP contribution in [0.15, 0.2) is 97.2 Å². The van der Waals surface area contributed by atoms with Crippen LogP contribution >= 0.6 is 0 Å². The van der Waals surface area contributed by atoms with E-state index in [1.807, 2.05) is 21.1 Å². The molecule has 0 rings (SSSR count). The van der Waals surface area contributed by atoms with Gasteiger partial charge in [-0.05, 0) is 89.9 Å². The van der Waals surface area contributed by atoms with Crippen LogP contribution in [0.2, 0.25) is 0 Å². The molecule has 8 nitrogen and oxygen atoms in total. The van der Waals surface area contributed by atoms with Gasteiger partial charge in [0.25, 0.3) is 0 Å². The number of likely N-dealkylation sites (N-methyl/N-ethyl adjacent to an activating group) is 1. The van der Waals surface area contributed by atoms with Gasteiger partial charge in [0.15, 0.2) is 12.1 Å². The number of hydrogen-bond acceptors (Lipinski definition) is 6. The summed E-state index contributed by atoms with van der Waals surface area (Å²) in [5.41, 5.74) is 0. The van der Waals surface area contributed by atoms with Crippen molar-refractivity contribution in [2.75, 3.05) is 41.0 Å². The molecular formula is C52H86NO7+. The van der Waals surface area contributed by atoms with Crippen molar-refractivity contribution in [3.8, 4) is 0 Å². The first kappa shape index (κ1) is 56.2. The molecule has 0 saturated carbocycles. The molecule has 0 aromatic rings. The van der Waals surface area contributed by atoms with Crippen LogP contribution in [-0.4, -0.2) is 80.6 Å². The molecule has 0 saturated heterocycles. The number of carbonyl (C=O) groups excluding carboxylic acids is 2. The quantitative estimate of drug-likeness (QED) is 0.0284. The highest BCUT2D eigenvalue weighted by Gasteiger charge is 2.31. The Kier molecular flexibility index (Phi) is 39.3. The maximum absolute atomic E-state index is 12.7. The standard InChI is InChI=1S/C52H85NO7/c1-6-8-10-12-14-16-18-20-22-24-25-27-29-31-33-35-37-39-41-43-51(55)60-48(46-58-45-44-49(52(56)57)53(3,4)5)47-59-50(54)42-40-38-36-34-32-30-28-26-23-21-19-17-15-13-11-9-7-2/h8,10,14,16,20-23,25,27-28,30-31,33-34,36,48-49H,6-7,9,11-13,15,17-19,24,26,29,32,35,37-47H2,1-5H3/p+1/b10-8+,16-14+,22-20+,23-21+,27-25+,30-28+,33-31+,36-34+. The first-order valence-corrected chi connectivity index (χ1v) is 23.3. The van der Waals surface area contributed by atoms with E-state index < -0.39 is 18.1 Å². The normalized spacial score (nSPS) is 13.8. The number of carboxylic acids is 1. The van der Waals surface area contributed by atoms with E-state index in [2.05, 4.69) is 111 Å². The highest BCUT2D eigenvalue weighted by molar-refractivity contribution is 5.72. The Balaban J connectivity index is 4.49. The van der Waals surface area contributed by atoms with Crippen LogP contribution in [0.5, 0.6) is 0 Å². The van der Waals surface area contributed by atoms with E-state index in [-0.39, 0.29) is 49.1 Å². The summed E-state index contributed by atoms with van der Waals surface area (Å²) in [6.45, 7) is 4.51. The predicted molar refractivity (Wildman–Crippen MR) is 252 cm³/mol. The van der Waals surface area contributed by atoms with E-state index in [0.717, 1.165) is 70.6 Å². The molecule has 0 heterocycles. The number of rotatable bonds is 40. The third-order valence-corrected chi connectivity index (χ3v) is 9.72. The van der Waals surface area contributed by atoms with Crippen LogP contribution in [0.3, 0.4) is 0 Å². The molecule has 8 heteroatoms. The molecule has 2 atom stereocenters. The SMILES string of the molecule is CC/C=C/C/C=C/C/C=C/C/C=C/C/C=C/CCCCCC(=O)OC(COCCC(C(=O)O)[N+](C)(C)C)COC(=O)CCC/C=C/C/C=C/C/C=C/CCCCCCCC. The van der Waals surface area contributed by atoms with E-state index in [1.54, 1.807) is 0 Å². The van der Waals surface area contributed by atoms with Crippen molar-refractivity contribution in [1.29, 1.82) is 0 Å². The largest absolute Gasteiger partial charge is 0.477 e. The Morgan fingerprint density at radius 2 is 0.950 bits per heavy atom. The van der Waals surface area contributed by atoms with Gasteiger partial charge < -0.3 is 23.8 Å². The zero-order valence-corrected chi connectivity index (χ0v) is 38.6. The molecule has 2 unspecified atom stereocenters. The summed E-state index contributed by atoms with van der Waals surface area (Å²) in [4.78, 5) is 37.0. The van der Waals surface area contributed by atoms with Crippen molar-refractivity contribution >= 4 is 17.9 Å². The average molecular weight is 837 g/mol. The van der Waals surface area contributed by atoms with Crippen molar-refractivity contribution in [1.82, 2.24) is 0 Å². The fourth-order valence-electron chi connectivity index (χ4n) is 6.13. The molecule has 0 bridgehead atoms. The molecule has 1 N–H and O–H groups in total. The molecule has 0 amide bonds. The monoisotopic (exact) mass is 837 g/mol. The van der Waals surface area contributed by atoms with Crippen LogP contribution in [-0.2, 0) is 28.6 Å². The topological polar surface area (TPSA) is 99.1 Å². The van der Waals surface area contributed by atoms with Gasteiger partial charge in [-0.25, -0.2) is 4.79 Å². The van der Waals surface area contributed by atoms with E-state index in [4.69, 9.17) is 14.2 Å². The van der Waals surface area contributed by atoms with E-state index in [9.17, 15) is 19.5 Å². The van der Waals surface area contributed by atoms with Gasteiger partial charge in [0.05, 0.1) is 34.4 Å². The van der Waals surface area contributed by atoms with Crippen molar-refractivity contribution in [2.45, 2.75) is 174 Å². The summed E-state index contributed by atoms with van der Waals surface area (Å²) >= 11 is 0. The number of hydrogen-bond donors (Lipinski definition) is 1. The Bertz CT molecular complexity index is 1300. The lowest BCUT2D eigenvalue weighted by Crippen LogP contribution is -2.50. The van der Waals surface area contributed by atoms with Crippen LogP contribution in [0.25, 0.3) is 0 Å². The summed E-state index contributed by atoms with van der Waals surface area (Å²) < 4.78 is 17.2. The fourth-order valence-corrected chi connectivity index (χ4v) is 6.13. The highest BCUT2D eigenvalue weighted by Crippen LogP contribution is 2.12. The molecule has 60 heavy (non-hydrogen) atoms. The average Bonchev–Trinajstić information content (AvgIpc) is 3.21. The molecule has 0 spiro atoms. The van der Waals surface area contributed by atoms with Crippen LogP contribution in [0.1, 0.15) is 162 Å². The number of nitrogens with zero attached hydrogens (tertiary/aromatic N) is 1. The van der Waals surface area contributed by atoms with E-state index >= 15 is 0 Å². The van der Waals surface area contributed by atoms with Gasteiger partial charge in [-0.3, -0.25) is 9.59 Å².